The monoisotopic (exact) mass is 1080 g/mol. The summed E-state index contributed by atoms with van der Waals surface area (Å²) in [7, 11) is 1.63. The van der Waals surface area contributed by atoms with Crippen molar-refractivity contribution in [1.29, 1.82) is 0 Å². The van der Waals surface area contributed by atoms with Crippen molar-refractivity contribution in [3.63, 3.8) is 0 Å². The number of rotatable bonds is 62. The van der Waals surface area contributed by atoms with Crippen LogP contribution in [0.2, 0.25) is 0 Å². The number of phosphoric acid groups is 1. The summed E-state index contributed by atoms with van der Waals surface area (Å²) in [4.78, 5) is 23.4. The molecule has 0 saturated heterocycles. The second-order valence-electron chi connectivity index (χ2n) is 24.2. The van der Waals surface area contributed by atoms with E-state index in [-0.39, 0.29) is 19.1 Å². The first-order valence-corrected chi connectivity index (χ1v) is 34.7. The third kappa shape index (κ3) is 60.5. The Morgan fingerprint density at radius 1 is 0.453 bits per heavy atom. The molecule has 0 spiro atoms. The zero-order valence-corrected chi connectivity index (χ0v) is 52.0. The van der Waals surface area contributed by atoms with Gasteiger partial charge < -0.3 is 19.8 Å². The van der Waals surface area contributed by atoms with E-state index in [1.165, 1.54) is 270 Å². The van der Waals surface area contributed by atoms with Crippen LogP contribution in [-0.4, -0.2) is 73.4 Å². The Balaban J connectivity index is 4.05. The highest BCUT2D eigenvalue weighted by molar-refractivity contribution is 7.47. The van der Waals surface area contributed by atoms with Crippen LogP contribution in [0.5, 0.6) is 0 Å². The summed E-state index contributed by atoms with van der Waals surface area (Å²) >= 11 is 0. The van der Waals surface area contributed by atoms with Crippen LogP contribution < -0.4 is 5.32 Å². The van der Waals surface area contributed by atoms with Crippen LogP contribution in [0.15, 0.2) is 24.3 Å². The molecule has 0 aromatic carbocycles. The molecule has 3 N–H and O–H groups in total. The Kier molecular flexibility index (Phi) is 56.9. The Hall–Kier alpha value is -1.02. The van der Waals surface area contributed by atoms with Crippen molar-refractivity contribution in [1.82, 2.24) is 5.32 Å². The first-order valence-electron chi connectivity index (χ1n) is 33.2. The number of hydrogen-bond acceptors (Lipinski definition) is 5. The predicted octanol–water partition coefficient (Wildman–Crippen LogP) is 20.7. The van der Waals surface area contributed by atoms with Crippen molar-refractivity contribution < 1.29 is 32.9 Å². The van der Waals surface area contributed by atoms with Crippen molar-refractivity contribution in [3.8, 4) is 0 Å². The Labute approximate surface area is 468 Å². The summed E-state index contributed by atoms with van der Waals surface area (Å²) in [5.74, 6) is -0.139. The molecular weight excluding hydrogens is 948 g/mol. The summed E-state index contributed by atoms with van der Waals surface area (Å²) in [5.41, 5.74) is 0. The van der Waals surface area contributed by atoms with Crippen molar-refractivity contribution in [2.45, 2.75) is 353 Å². The van der Waals surface area contributed by atoms with Gasteiger partial charge in [0.2, 0.25) is 5.91 Å². The molecule has 9 heteroatoms. The summed E-state index contributed by atoms with van der Waals surface area (Å²) in [6.07, 6.45) is 74.0. The number of nitrogens with one attached hydrogen (secondary N) is 1. The van der Waals surface area contributed by atoms with Crippen LogP contribution >= 0.6 is 7.82 Å². The van der Waals surface area contributed by atoms with E-state index in [9.17, 15) is 19.4 Å². The van der Waals surface area contributed by atoms with Gasteiger partial charge in [0, 0.05) is 6.42 Å². The van der Waals surface area contributed by atoms with Gasteiger partial charge in [-0.25, -0.2) is 4.57 Å². The lowest BCUT2D eigenvalue weighted by Gasteiger charge is -2.26. The summed E-state index contributed by atoms with van der Waals surface area (Å²) in [6.45, 7) is 4.93. The maximum Gasteiger partial charge on any atom is 0.472 e. The van der Waals surface area contributed by atoms with Crippen LogP contribution in [-0.2, 0) is 18.4 Å². The first kappa shape index (κ1) is 74.0. The Morgan fingerprint density at radius 2 is 0.760 bits per heavy atom. The van der Waals surface area contributed by atoms with Gasteiger partial charge in [0.25, 0.3) is 0 Å². The molecule has 1 amide bonds. The quantitative estimate of drug-likeness (QED) is 0.0243. The van der Waals surface area contributed by atoms with E-state index in [4.69, 9.17) is 9.05 Å². The topological polar surface area (TPSA) is 105 Å². The van der Waals surface area contributed by atoms with Crippen LogP contribution in [0, 0.1) is 0 Å². The van der Waals surface area contributed by atoms with Crippen LogP contribution in [0.1, 0.15) is 341 Å². The minimum atomic E-state index is -4.33. The number of aliphatic hydroxyl groups excluding tert-OH is 1. The van der Waals surface area contributed by atoms with E-state index in [1.807, 2.05) is 21.1 Å². The molecule has 0 aliphatic rings. The molecule has 0 aliphatic carbocycles. The molecule has 0 saturated carbocycles. The van der Waals surface area contributed by atoms with Gasteiger partial charge in [-0.15, -0.1) is 0 Å². The molecule has 8 nitrogen and oxygen atoms in total. The molecule has 3 unspecified atom stereocenters. The minimum absolute atomic E-state index is 0.0765. The summed E-state index contributed by atoms with van der Waals surface area (Å²) in [6, 6.07) is -0.761. The van der Waals surface area contributed by atoms with Crippen LogP contribution in [0.4, 0.5) is 0 Å². The average Bonchev–Trinajstić information content (AvgIpc) is 3.37. The highest BCUT2D eigenvalue weighted by Crippen LogP contribution is 2.43. The number of likely N-dealkylation sites (N-methyl/N-ethyl adjacent to an activating group) is 1. The third-order valence-electron chi connectivity index (χ3n) is 15.5. The minimum Gasteiger partial charge on any atom is -0.391 e. The van der Waals surface area contributed by atoms with E-state index in [0.717, 1.165) is 44.9 Å². The normalized spacial score (nSPS) is 13.9. The predicted molar refractivity (Wildman–Crippen MR) is 328 cm³/mol. The number of unbranched alkanes of at least 4 members (excludes halogenated alkanes) is 45. The van der Waals surface area contributed by atoms with E-state index < -0.39 is 20.0 Å². The number of hydrogen-bond donors (Lipinski definition) is 3. The second kappa shape index (κ2) is 57.7. The van der Waals surface area contributed by atoms with Crippen molar-refractivity contribution in [2.75, 3.05) is 40.9 Å². The van der Waals surface area contributed by atoms with Crippen LogP contribution in [0.3, 0.4) is 0 Å². The lowest BCUT2D eigenvalue weighted by atomic mass is 10.0. The van der Waals surface area contributed by atoms with Gasteiger partial charge >= 0.3 is 7.82 Å². The maximum absolute atomic E-state index is 13.1. The molecule has 0 bridgehead atoms. The van der Waals surface area contributed by atoms with Crippen LogP contribution in [0.25, 0.3) is 0 Å². The first-order chi connectivity index (χ1) is 36.5. The molecule has 0 heterocycles. The fourth-order valence-corrected chi connectivity index (χ4v) is 11.0. The lowest BCUT2D eigenvalue weighted by Crippen LogP contribution is -2.46. The van der Waals surface area contributed by atoms with Crippen molar-refractivity contribution >= 4 is 13.7 Å². The number of aliphatic hydroxyl groups is 1. The van der Waals surface area contributed by atoms with Gasteiger partial charge in [-0.2, -0.15) is 0 Å². The van der Waals surface area contributed by atoms with E-state index in [1.54, 1.807) is 0 Å². The summed E-state index contributed by atoms with van der Waals surface area (Å²) in [5, 5.41) is 14.1. The number of allylic oxidation sites excluding steroid dienone is 4. The molecular formula is C66H132N2O6P+. The average molecular weight is 1080 g/mol. The number of phosphoric ester groups is 1. The number of carbonyl (C=O) groups excluding carboxylic acids is 1. The Bertz CT molecular complexity index is 1270. The standard InChI is InChI=1S/C66H131N2O6P/c1-6-8-10-12-14-16-18-20-22-24-26-28-30-32-33-34-36-37-39-41-43-45-47-49-51-53-55-57-59-65(69)64(63-74-75(71,72)73-62-61-68(3,4)5)67-66(70)60-58-56-54-52-50-48-46-44-42-40-38-35-31-29-27-25-23-21-19-17-15-13-11-9-7-2/h19,21,25,27,64-65,69H,6-18,20,22-24,26,28-63H2,1-5H3,(H-,67,70,71,72)/p+1/b21-19-,27-25-. The highest BCUT2D eigenvalue weighted by Gasteiger charge is 2.28. The van der Waals surface area contributed by atoms with E-state index in [2.05, 4.69) is 43.5 Å². The van der Waals surface area contributed by atoms with Gasteiger partial charge in [0.05, 0.1) is 39.9 Å². The lowest BCUT2D eigenvalue weighted by molar-refractivity contribution is -0.870. The molecule has 75 heavy (non-hydrogen) atoms. The molecule has 446 valence electrons. The SMILES string of the molecule is CCCCCCC/C=C\C/C=C\CCCCCCCCCCCCCCCC(=O)NC(COP(=O)(O)OCC[N+](C)(C)C)C(O)CCCCCCCCCCCCCCCCCCCCCCCCCCCCCC. The molecule has 0 rings (SSSR count). The molecule has 0 aromatic heterocycles. The molecule has 0 aliphatic heterocycles. The largest absolute Gasteiger partial charge is 0.472 e. The summed E-state index contributed by atoms with van der Waals surface area (Å²) < 4.78 is 23.9. The molecule has 0 radical (unpaired) electrons. The smallest absolute Gasteiger partial charge is 0.391 e. The second-order valence-corrected chi connectivity index (χ2v) is 25.7. The van der Waals surface area contributed by atoms with Gasteiger partial charge in [-0.3, -0.25) is 13.8 Å². The molecule has 0 fully saturated rings. The zero-order valence-electron chi connectivity index (χ0n) is 51.1. The highest BCUT2D eigenvalue weighted by atomic mass is 31.2. The number of carbonyl (C=O) groups is 1. The molecule has 3 atom stereocenters. The van der Waals surface area contributed by atoms with Crippen molar-refractivity contribution in [2.24, 2.45) is 0 Å². The zero-order chi connectivity index (χ0) is 54.9. The van der Waals surface area contributed by atoms with E-state index in [0.29, 0.717) is 23.9 Å². The number of nitrogens with zero attached hydrogens (tertiary/aromatic N) is 1. The Morgan fingerprint density at radius 3 is 1.09 bits per heavy atom. The van der Waals surface area contributed by atoms with Gasteiger partial charge in [-0.1, -0.05) is 314 Å². The fraction of sp³-hybridized carbons (Fsp3) is 0.924. The maximum atomic E-state index is 13.1. The number of amides is 1. The molecule has 0 aromatic rings. The third-order valence-corrected chi connectivity index (χ3v) is 16.4. The van der Waals surface area contributed by atoms with Crippen molar-refractivity contribution in [3.05, 3.63) is 24.3 Å². The fourth-order valence-electron chi connectivity index (χ4n) is 10.3. The number of quaternary nitrogens is 1. The van der Waals surface area contributed by atoms with E-state index >= 15 is 0 Å². The van der Waals surface area contributed by atoms with Gasteiger partial charge in [0.15, 0.2) is 0 Å². The van der Waals surface area contributed by atoms with Gasteiger partial charge in [0.1, 0.15) is 13.2 Å². The van der Waals surface area contributed by atoms with Gasteiger partial charge in [-0.05, 0) is 44.9 Å².